The molecule has 15 heteroatoms. The van der Waals surface area contributed by atoms with Gasteiger partial charge in [-0.15, -0.1) is 0 Å². The number of hydrogen-bond donors (Lipinski definition) is 3. The largest absolute Gasteiger partial charge is 0.530 e. The van der Waals surface area contributed by atoms with Gasteiger partial charge in [-0.05, 0) is 58.0 Å². The van der Waals surface area contributed by atoms with Crippen molar-refractivity contribution in [3.63, 3.8) is 0 Å². The van der Waals surface area contributed by atoms with Gasteiger partial charge in [0.15, 0.2) is 17.5 Å². The van der Waals surface area contributed by atoms with E-state index in [4.69, 9.17) is 32.5 Å². The zero-order chi connectivity index (χ0) is 49.6. The Morgan fingerprint density at radius 2 is 0.944 bits per heavy atom. The van der Waals surface area contributed by atoms with E-state index in [1.54, 1.807) is 25.1 Å². The molecule has 3 N–H and O–H groups in total. The van der Waals surface area contributed by atoms with Gasteiger partial charge in [0.2, 0.25) is 0 Å². The van der Waals surface area contributed by atoms with Crippen LogP contribution in [0.1, 0.15) is 45.9 Å². The molecule has 0 unspecified atom stereocenters. The number of phosphoric ester groups is 1. The molecule has 0 aliphatic carbocycles. The Morgan fingerprint density at radius 3 is 1.44 bits per heavy atom. The highest BCUT2D eigenvalue weighted by atomic mass is 31.2. The van der Waals surface area contributed by atoms with Crippen LogP contribution in [0.15, 0.2) is 200 Å². The molecule has 7 aromatic carbocycles. The van der Waals surface area contributed by atoms with Crippen LogP contribution >= 0.6 is 7.82 Å². The molecule has 14 nitrogen and oxygen atoms in total. The second-order valence-corrected chi connectivity index (χ2v) is 18.1. The molecule has 0 aliphatic heterocycles. The van der Waals surface area contributed by atoms with E-state index in [2.05, 4.69) is 16.2 Å². The number of phosphoric acid groups is 1. The average Bonchev–Trinajstić information content (AvgIpc) is 3.41. The third-order valence-corrected chi connectivity index (χ3v) is 12.1. The van der Waals surface area contributed by atoms with E-state index in [9.17, 15) is 18.9 Å². The van der Waals surface area contributed by atoms with Crippen molar-refractivity contribution in [1.29, 1.82) is 0 Å². The van der Waals surface area contributed by atoms with Gasteiger partial charge < -0.3 is 28.8 Å². The highest BCUT2D eigenvalue weighted by Crippen LogP contribution is 2.53. The standard InChI is InChI=1S/C56H56N3O11P/c1-56(54(61)67-39-46-26-14-5-15-27-46,59-58-55(62)57-50(42-64-36-43-20-8-2-9-21-43)53(60)66-38-45-24-12-4-13-25-45)35-49-32-33-51(52(34-49)65-37-44-22-10-3-11-23-44)70-71(63,68-40-47-28-16-6-17-29-47)69-41-48-30-18-7-19-31-48/h2-34,50,59H,35-42H2,1H3,(H2,57,58,62)/t50-,56-/m0/s1. The number of esters is 2. The molecule has 0 heterocycles. The molecule has 2 atom stereocenters. The number of carbonyl (C=O) groups is 3. The number of rotatable bonds is 26. The van der Waals surface area contributed by atoms with Gasteiger partial charge in [0.25, 0.3) is 0 Å². The van der Waals surface area contributed by atoms with Crippen molar-refractivity contribution in [1.82, 2.24) is 16.2 Å². The lowest BCUT2D eigenvalue weighted by molar-refractivity contribution is -0.153. The quantitative estimate of drug-likeness (QED) is 0.0267. The number of urea groups is 1. The minimum Gasteiger partial charge on any atom is -0.485 e. The van der Waals surface area contributed by atoms with E-state index in [-0.39, 0.29) is 64.2 Å². The highest BCUT2D eigenvalue weighted by molar-refractivity contribution is 7.48. The molecule has 0 aliphatic rings. The predicted octanol–water partition coefficient (Wildman–Crippen LogP) is 10.4. The summed E-state index contributed by atoms with van der Waals surface area (Å²) in [4.78, 5) is 41.4. The third kappa shape index (κ3) is 16.8. The van der Waals surface area contributed by atoms with Gasteiger partial charge in [0, 0.05) is 6.42 Å². The molecular weight excluding hydrogens is 922 g/mol. The molecule has 0 aromatic heterocycles. The van der Waals surface area contributed by atoms with Crippen LogP contribution in [0.4, 0.5) is 4.79 Å². The number of nitrogens with one attached hydrogen (secondary N) is 3. The maximum Gasteiger partial charge on any atom is 0.530 e. The van der Waals surface area contributed by atoms with E-state index in [1.807, 2.05) is 182 Å². The zero-order valence-corrected chi connectivity index (χ0v) is 40.1. The second-order valence-electron chi connectivity index (χ2n) is 16.6. The Balaban J connectivity index is 1.12. The van der Waals surface area contributed by atoms with E-state index >= 15 is 0 Å². The molecular formula is C56H56N3O11P. The first-order chi connectivity index (χ1) is 34.6. The van der Waals surface area contributed by atoms with Crippen LogP contribution in [-0.2, 0) is 83.5 Å². The fraction of sp³-hybridized carbons (Fsp3) is 0.196. The van der Waals surface area contributed by atoms with Crippen molar-refractivity contribution in [3.05, 3.63) is 239 Å². The SMILES string of the molecule is C[C@@](Cc1ccc(OP(=O)(OCc2ccccc2)OCc2ccccc2)c(OCc2ccccc2)c1)(NNC(=O)N[C@@H](COCc1ccccc1)C(=O)OCc1ccccc1)C(=O)OCc1ccccc1. The predicted molar refractivity (Wildman–Crippen MR) is 267 cm³/mol. The normalized spacial score (nSPS) is 12.4. The van der Waals surface area contributed by atoms with E-state index in [0.717, 1.165) is 33.4 Å². The maximum absolute atomic E-state index is 14.6. The highest BCUT2D eigenvalue weighted by Gasteiger charge is 2.37. The van der Waals surface area contributed by atoms with Gasteiger partial charge in [-0.1, -0.05) is 188 Å². The lowest BCUT2D eigenvalue weighted by atomic mass is 9.93. The van der Waals surface area contributed by atoms with Crippen LogP contribution < -0.4 is 25.4 Å². The zero-order valence-electron chi connectivity index (χ0n) is 39.2. The minimum atomic E-state index is -4.35. The number of ether oxygens (including phenoxy) is 4. The average molecular weight is 978 g/mol. The second kappa shape index (κ2) is 26.4. The van der Waals surface area contributed by atoms with Crippen LogP contribution in [0.25, 0.3) is 0 Å². The summed E-state index contributed by atoms with van der Waals surface area (Å²) in [7, 11) is -4.35. The molecule has 0 saturated carbocycles. The Hall–Kier alpha value is -7.58. The number of carbonyl (C=O) groups excluding carboxylic acids is 3. The van der Waals surface area contributed by atoms with Gasteiger partial charge in [-0.25, -0.2) is 24.4 Å². The first kappa shape index (κ1) is 51.3. The minimum absolute atomic E-state index is 0.0262. The molecule has 0 radical (unpaired) electrons. The lowest BCUT2D eigenvalue weighted by Crippen LogP contribution is -2.62. The first-order valence-corrected chi connectivity index (χ1v) is 24.4. The van der Waals surface area contributed by atoms with Crippen molar-refractivity contribution in [2.75, 3.05) is 6.61 Å². The first-order valence-electron chi connectivity index (χ1n) is 22.9. The molecule has 0 saturated heterocycles. The van der Waals surface area contributed by atoms with E-state index in [0.29, 0.717) is 5.56 Å². The van der Waals surface area contributed by atoms with Crippen molar-refractivity contribution in [2.24, 2.45) is 0 Å². The molecule has 2 amide bonds. The summed E-state index contributed by atoms with van der Waals surface area (Å²) < 4.78 is 56.3. The fourth-order valence-electron chi connectivity index (χ4n) is 6.97. The van der Waals surface area contributed by atoms with Gasteiger partial charge >= 0.3 is 25.8 Å². The van der Waals surface area contributed by atoms with Crippen molar-refractivity contribution < 1.29 is 51.5 Å². The summed E-state index contributed by atoms with van der Waals surface area (Å²) in [6, 6.07) is 58.3. The molecule has 7 aromatic rings. The Kier molecular flexibility index (Phi) is 19.1. The van der Waals surface area contributed by atoms with Gasteiger partial charge in [0.05, 0.1) is 26.4 Å². The summed E-state index contributed by atoms with van der Waals surface area (Å²) in [5, 5.41) is 2.63. The van der Waals surface area contributed by atoms with E-state index in [1.165, 1.54) is 0 Å². The molecule has 0 fully saturated rings. The maximum atomic E-state index is 14.6. The molecule has 0 spiro atoms. The van der Waals surface area contributed by atoms with Gasteiger partial charge in [0.1, 0.15) is 25.4 Å². The number of hydrazine groups is 1. The molecule has 366 valence electrons. The van der Waals surface area contributed by atoms with Crippen molar-refractivity contribution in [2.45, 2.75) is 64.6 Å². The van der Waals surface area contributed by atoms with Gasteiger partial charge in [-0.3, -0.25) is 14.5 Å². The monoisotopic (exact) mass is 977 g/mol. The summed E-state index contributed by atoms with van der Waals surface area (Å²) >= 11 is 0. The Labute approximate surface area is 413 Å². The molecule has 71 heavy (non-hydrogen) atoms. The molecule has 0 bridgehead atoms. The van der Waals surface area contributed by atoms with Crippen LogP contribution in [-0.4, -0.2) is 36.2 Å². The summed E-state index contributed by atoms with van der Waals surface area (Å²) in [6.07, 6.45) is -0.0850. The van der Waals surface area contributed by atoms with Crippen molar-refractivity contribution in [3.8, 4) is 11.5 Å². The van der Waals surface area contributed by atoms with Crippen molar-refractivity contribution >= 4 is 25.8 Å². The smallest absolute Gasteiger partial charge is 0.485 e. The number of benzene rings is 7. The summed E-state index contributed by atoms with van der Waals surface area (Å²) in [5.41, 5.74) is 9.02. The van der Waals surface area contributed by atoms with Crippen LogP contribution in [0.5, 0.6) is 11.5 Å². The topological polar surface area (TPSA) is 169 Å². The summed E-state index contributed by atoms with van der Waals surface area (Å²) in [5.74, 6) is -1.23. The van der Waals surface area contributed by atoms with Gasteiger partial charge in [-0.2, -0.15) is 0 Å². The van der Waals surface area contributed by atoms with Crippen LogP contribution in [0.3, 0.4) is 0 Å². The Bertz CT molecular complexity index is 2730. The number of amides is 2. The number of hydrogen-bond acceptors (Lipinski definition) is 12. The summed E-state index contributed by atoms with van der Waals surface area (Å²) in [6.45, 7) is 1.39. The van der Waals surface area contributed by atoms with E-state index < -0.39 is 37.4 Å². The Morgan fingerprint density at radius 1 is 0.507 bits per heavy atom. The lowest BCUT2D eigenvalue weighted by Gasteiger charge is -2.30. The van der Waals surface area contributed by atoms with Crippen LogP contribution in [0, 0.1) is 0 Å². The molecule has 7 rings (SSSR count). The third-order valence-electron chi connectivity index (χ3n) is 10.8. The fourth-order valence-corrected chi connectivity index (χ4v) is 8.15. The van der Waals surface area contributed by atoms with Crippen LogP contribution in [0.2, 0.25) is 0 Å².